The highest BCUT2D eigenvalue weighted by Crippen LogP contribution is 2.33. The van der Waals surface area contributed by atoms with Crippen molar-refractivity contribution in [1.29, 1.82) is 0 Å². The minimum absolute atomic E-state index is 0.0568. The van der Waals surface area contributed by atoms with Gasteiger partial charge in [-0.15, -0.1) is 0 Å². The largest absolute Gasteiger partial charge is 0.416 e. The Morgan fingerprint density at radius 3 is 2.10 bits per heavy atom. The van der Waals surface area contributed by atoms with E-state index in [4.69, 9.17) is 0 Å². The second kappa shape index (κ2) is 15.4. The van der Waals surface area contributed by atoms with Gasteiger partial charge >= 0.3 is 6.18 Å². The van der Waals surface area contributed by atoms with Crippen molar-refractivity contribution in [3.63, 3.8) is 0 Å². The Labute approximate surface area is 286 Å². The number of sulfonamides is 1. The smallest absolute Gasteiger partial charge is 0.352 e. The van der Waals surface area contributed by atoms with Gasteiger partial charge in [0.2, 0.25) is 11.8 Å². The Morgan fingerprint density at radius 1 is 0.833 bits per heavy atom. The van der Waals surface area contributed by atoms with Gasteiger partial charge in [-0.1, -0.05) is 95.5 Å². The topological polar surface area (TPSA) is 86.8 Å². The van der Waals surface area contributed by atoms with Crippen molar-refractivity contribution in [3.8, 4) is 0 Å². The van der Waals surface area contributed by atoms with Gasteiger partial charge in [0.05, 0.1) is 16.1 Å². The summed E-state index contributed by atoms with van der Waals surface area (Å²) in [6.07, 6.45) is -1.07. The average molecular weight is 743 g/mol. The van der Waals surface area contributed by atoms with Crippen molar-refractivity contribution in [3.05, 3.63) is 130 Å². The molecule has 12 heteroatoms. The predicted octanol–water partition coefficient (Wildman–Crippen LogP) is 7.36. The van der Waals surface area contributed by atoms with E-state index in [9.17, 15) is 31.2 Å². The molecular formula is C36H35BrF3N3O4S. The number of nitrogens with one attached hydrogen (secondary N) is 1. The molecule has 7 nitrogen and oxygen atoms in total. The van der Waals surface area contributed by atoms with Crippen LogP contribution in [0.15, 0.2) is 119 Å². The highest BCUT2D eigenvalue weighted by atomic mass is 79.9. The molecular weight excluding hydrogens is 707 g/mol. The van der Waals surface area contributed by atoms with E-state index in [1.807, 2.05) is 36.4 Å². The Kier molecular flexibility index (Phi) is 11.3. The summed E-state index contributed by atoms with van der Waals surface area (Å²) in [7, 11) is -4.54. The van der Waals surface area contributed by atoms with E-state index >= 15 is 0 Å². The molecule has 1 N–H and O–H groups in total. The van der Waals surface area contributed by atoms with Crippen LogP contribution < -0.4 is 9.62 Å². The van der Waals surface area contributed by atoms with Crippen LogP contribution in [0.3, 0.4) is 0 Å². The number of carbonyl (C=O) groups excluding carboxylic acids is 2. The van der Waals surface area contributed by atoms with Crippen molar-refractivity contribution in [2.45, 2.75) is 61.8 Å². The van der Waals surface area contributed by atoms with Crippen LogP contribution in [0.4, 0.5) is 18.9 Å². The summed E-state index contributed by atoms with van der Waals surface area (Å²) in [6, 6.07) is 26.3. The highest BCUT2D eigenvalue weighted by molar-refractivity contribution is 9.10. The molecule has 0 spiro atoms. The van der Waals surface area contributed by atoms with E-state index in [-0.39, 0.29) is 35.5 Å². The number of hydrogen-bond donors (Lipinski definition) is 1. The third kappa shape index (κ3) is 8.84. The molecule has 252 valence electrons. The minimum atomic E-state index is -4.76. The monoisotopic (exact) mass is 741 g/mol. The van der Waals surface area contributed by atoms with Gasteiger partial charge in [-0.05, 0) is 66.4 Å². The maximum absolute atomic E-state index is 14.6. The summed E-state index contributed by atoms with van der Waals surface area (Å²) in [6.45, 7) is -0.912. The Hall–Kier alpha value is -4.16. The summed E-state index contributed by atoms with van der Waals surface area (Å²) in [5, 5.41) is 3.10. The SMILES string of the molecule is O=C(NC1CCCC1)[C@@H](Cc1ccccc1)N(Cc1cccc(Br)c1)C(=O)CN(c1cccc(C(F)(F)F)c1)S(=O)(=O)c1ccccc1. The van der Waals surface area contributed by atoms with Gasteiger partial charge in [0.25, 0.3) is 10.0 Å². The van der Waals surface area contributed by atoms with Crippen molar-refractivity contribution in [1.82, 2.24) is 10.2 Å². The van der Waals surface area contributed by atoms with Gasteiger partial charge < -0.3 is 10.2 Å². The zero-order valence-corrected chi connectivity index (χ0v) is 28.3. The molecule has 48 heavy (non-hydrogen) atoms. The number of hydrogen-bond acceptors (Lipinski definition) is 4. The maximum Gasteiger partial charge on any atom is 0.416 e. The van der Waals surface area contributed by atoms with E-state index in [2.05, 4.69) is 21.2 Å². The van der Waals surface area contributed by atoms with Crippen LogP contribution >= 0.6 is 15.9 Å². The number of nitrogens with zero attached hydrogens (tertiary/aromatic N) is 2. The van der Waals surface area contributed by atoms with Gasteiger partial charge in [0.1, 0.15) is 12.6 Å². The lowest BCUT2D eigenvalue weighted by Gasteiger charge is -2.34. The number of rotatable bonds is 12. The molecule has 0 aromatic heterocycles. The van der Waals surface area contributed by atoms with Gasteiger partial charge in [-0.3, -0.25) is 13.9 Å². The fourth-order valence-electron chi connectivity index (χ4n) is 5.84. The first-order chi connectivity index (χ1) is 22.9. The molecule has 1 aliphatic carbocycles. The zero-order chi connectivity index (χ0) is 34.3. The Balaban J connectivity index is 1.59. The van der Waals surface area contributed by atoms with E-state index in [0.717, 1.165) is 47.9 Å². The molecule has 1 saturated carbocycles. The number of halogens is 4. The second-order valence-electron chi connectivity index (χ2n) is 11.7. The maximum atomic E-state index is 14.6. The molecule has 4 aromatic rings. The van der Waals surface area contributed by atoms with E-state index in [1.165, 1.54) is 35.2 Å². The van der Waals surface area contributed by atoms with Crippen LogP contribution in [0.25, 0.3) is 0 Å². The standard InChI is InChI=1S/C36H35BrF3N3O4S/c37-29-15-9-13-27(21-29)24-42(33(22-26-11-3-1-4-12-26)35(45)41-30-16-7-8-17-30)34(44)25-43(48(46,47)32-19-5-2-6-20-32)31-18-10-14-28(23-31)36(38,39)40/h1-6,9-15,18-21,23,30,33H,7-8,16-17,22,24-25H2,(H,41,45)/t33-/m1/s1. The lowest BCUT2D eigenvalue weighted by Crippen LogP contribution is -2.54. The van der Waals surface area contributed by atoms with Crippen molar-refractivity contribution in [2.24, 2.45) is 0 Å². The van der Waals surface area contributed by atoms with Crippen LogP contribution in [0.2, 0.25) is 0 Å². The Morgan fingerprint density at radius 2 is 1.46 bits per heavy atom. The first kappa shape index (κ1) is 35.2. The molecule has 1 atom stereocenters. The van der Waals surface area contributed by atoms with Crippen LogP contribution in [0, 0.1) is 0 Å². The quantitative estimate of drug-likeness (QED) is 0.165. The van der Waals surface area contributed by atoms with Crippen LogP contribution in [0.5, 0.6) is 0 Å². The molecule has 0 radical (unpaired) electrons. The summed E-state index contributed by atoms with van der Waals surface area (Å²) in [4.78, 5) is 29.8. The van der Waals surface area contributed by atoms with E-state index in [1.54, 1.807) is 24.3 Å². The first-order valence-corrected chi connectivity index (χ1v) is 17.8. The number of anilines is 1. The normalized spacial score (nSPS) is 14.3. The number of alkyl halides is 3. The van der Waals surface area contributed by atoms with Crippen LogP contribution in [-0.4, -0.2) is 43.8 Å². The molecule has 0 saturated heterocycles. The van der Waals surface area contributed by atoms with Gasteiger partial charge in [0.15, 0.2) is 0 Å². The molecule has 0 bridgehead atoms. The van der Waals surface area contributed by atoms with Crippen LogP contribution in [0.1, 0.15) is 42.4 Å². The van der Waals surface area contributed by atoms with Gasteiger partial charge in [-0.2, -0.15) is 13.2 Å². The fraction of sp³-hybridized carbons (Fsp3) is 0.278. The third-order valence-corrected chi connectivity index (χ3v) is 10.6. The van der Waals surface area contributed by atoms with Gasteiger partial charge in [0, 0.05) is 23.5 Å². The minimum Gasteiger partial charge on any atom is -0.352 e. The summed E-state index contributed by atoms with van der Waals surface area (Å²) in [5.41, 5.74) is 0.0489. The fourth-order valence-corrected chi connectivity index (χ4v) is 7.71. The van der Waals surface area contributed by atoms with Crippen LogP contribution in [-0.2, 0) is 38.8 Å². The summed E-state index contributed by atoms with van der Waals surface area (Å²) in [5.74, 6) is -1.14. The molecule has 0 unspecified atom stereocenters. The molecule has 2 amide bonds. The molecule has 5 rings (SSSR count). The van der Waals surface area contributed by atoms with Crippen molar-refractivity contribution >= 4 is 43.5 Å². The number of amides is 2. The van der Waals surface area contributed by atoms with E-state index in [0.29, 0.717) is 15.9 Å². The lowest BCUT2D eigenvalue weighted by atomic mass is 10.0. The van der Waals surface area contributed by atoms with Gasteiger partial charge in [-0.25, -0.2) is 8.42 Å². The van der Waals surface area contributed by atoms with Crippen molar-refractivity contribution < 1.29 is 31.2 Å². The molecule has 4 aromatic carbocycles. The molecule has 0 heterocycles. The summed E-state index contributed by atoms with van der Waals surface area (Å²) >= 11 is 3.45. The third-order valence-electron chi connectivity index (χ3n) is 8.29. The average Bonchev–Trinajstić information content (AvgIpc) is 3.58. The molecule has 1 aliphatic rings. The van der Waals surface area contributed by atoms with Crippen molar-refractivity contribution in [2.75, 3.05) is 10.8 Å². The first-order valence-electron chi connectivity index (χ1n) is 15.5. The lowest BCUT2D eigenvalue weighted by molar-refractivity contribution is -0.140. The predicted molar refractivity (Wildman–Crippen MR) is 181 cm³/mol. The molecule has 1 fully saturated rings. The Bertz CT molecular complexity index is 1820. The highest BCUT2D eigenvalue weighted by Gasteiger charge is 2.37. The zero-order valence-electron chi connectivity index (χ0n) is 25.9. The second-order valence-corrected chi connectivity index (χ2v) is 14.5. The molecule has 0 aliphatic heterocycles. The summed E-state index contributed by atoms with van der Waals surface area (Å²) < 4.78 is 70.9. The number of benzene rings is 4. The van der Waals surface area contributed by atoms with E-state index < -0.39 is 40.3 Å². The number of carbonyl (C=O) groups is 2.